The van der Waals surface area contributed by atoms with Crippen molar-refractivity contribution < 1.29 is 23.1 Å². The number of alkyl halides is 3. The SMILES string of the molecule is CC(=O)c1cccc(C(F)(F)F)c1O. The number of carbonyl (C=O) groups excluding carboxylic acids is 1. The molecule has 0 atom stereocenters. The molecule has 0 bridgehead atoms. The monoisotopic (exact) mass is 204 g/mol. The number of ketones is 1. The fraction of sp³-hybridized carbons (Fsp3) is 0.222. The topological polar surface area (TPSA) is 37.3 Å². The average molecular weight is 204 g/mol. The van der Waals surface area contributed by atoms with Crippen molar-refractivity contribution in [3.8, 4) is 5.75 Å². The van der Waals surface area contributed by atoms with Crippen molar-refractivity contribution in [3.05, 3.63) is 29.3 Å². The van der Waals surface area contributed by atoms with Gasteiger partial charge in [-0.1, -0.05) is 6.07 Å². The summed E-state index contributed by atoms with van der Waals surface area (Å²) >= 11 is 0. The van der Waals surface area contributed by atoms with Gasteiger partial charge in [0.1, 0.15) is 5.75 Å². The van der Waals surface area contributed by atoms with E-state index in [4.69, 9.17) is 5.11 Å². The Bertz CT molecular complexity index is 369. The predicted octanol–water partition coefficient (Wildman–Crippen LogP) is 2.61. The molecular weight excluding hydrogens is 197 g/mol. The number of hydrogen-bond acceptors (Lipinski definition) is 2. The van der Waals surface area contributed by atoms with Gasteiger partial charge in [-0.15, -0.1) is 0 Å². The minimum Gasteiger partial charge on any atom is -0.507 e. The number of phenolic OH excluding ortho intramolecular Hbond substituents is 1. The van der Waals surface area contributed by atoms with Crippen LogP contribution in [0.25, 0.3) is 0 Å². The van der Waals surface area contributed by atoms with Gasteiger partial charge in [-0.3, -0.25) is 4.79 Å². The molecule has 0 radical (unpaired) electrons. The van der Waals surface area contributed by atoms with Crippen LogP contribution in [0.5, 0.6) is 5.75 Å². The number of aromatic hydroxyl groups is 1. The molecule has 0 amide bonds. The highest BCUT2D eigenvalue weighted by molar-refractivity contribution is 5.97. The highest BCUT2D eigenvalue weighted by atomic mass is 19.4. The Morgan fingerprint density at radius 2 is 1.93 bits per heavy atom. The molecule has 0 fully saturated rings. The van der Waals surface area contributed by atoms with Crippen molar-refractivity contribution in [2.24, 2.45) is 0 Å². The number of carbonyl (C=O) groups is 1. The Kier molecular flexibility index (Phi) is 2.51. The van der Waals surface area contributed by atoms with Gasteiger partial charge in [-0.25, -0.2) is 0 Å². The fourth-order valence-electron chi connectivity index (χ4n) is 1.06. The summed E-state index contributed by atoms with van der Waals surface area (Å²) in [5, 5.41) is 9.15. The zero-order valence-corrected chi connectivity index (χ0v) is 7.22. The van der Waals surface area contributed by atoms with Crippen LogP contribution in [-0.4, -0.2) is 10.9 Å². The zero-order valence-electron chi connectivity index (χ0n) is 7.22. The van der Waals surface area contributed by atoms with E-state index in [9.17, 15) is 18.0 Å². The zero-order chi connectivity index (χ0) is 10.9. The first-order valence-electron chi connectivity index (χ1n) is 3.74. The molecular formula is C9H7F3O2. The van der Waals surface area contributed by atoms with Crippen molar-refractivity contribution in [1.82, 2.24) is 0 Å². The van der Waals surface area contributed by atoms with Crippen molar-refractivity contribution in [2.45, 2.75) is 13.1 Å². The molecule has 0 aromatic heterocycles. The van der Waals surface area contributed by atoms with Gasteiger partial charge in [0.15, 0.2) is 5.78 Å². The van der Waals surface area contributed by atoms with Gasteiger partial charge in [-0.05, 0) is 19.1 Å². The van der Waals surface area contributed by atoms with Crippen molar-refractivity contribution >= 4 is 5.78 Å². The minimum absolute atomic E-state index is 0.320. The second-order valence-electron chi connectivity index (χ2n) is 2.76. The standard InChI is InChI=1S/C9H7F3O2/c1-5(13)6-3-2-4-7(8(6)14)9(10,11)12/h2-4,14H,1H3. The third kappa shape index (κ3) is 1.86. The smallest absolute Gasteiger partial charge is 0.419 e. The number of benzene rings is 1. The van der Waals surface area contributed by atoms with Crippen LogP contribution in [0.1, 0.15) is 22.8 Å². The van der Waals surface area contributed by atoms with E-state index in [2.05, 4.69) is 0 Å². The second-order valence-corrected chi connectivity index (χ2v) is 2.76. The molecule has 14 heavy (non-hydrogen) atoms. The molecule has 0 saturated heterocycles. The molecule has 76 valence electrons. The van der Waals surface area contributed by atoms with E-state index in [1.807, 2.05) is 0 Å². The summed E-state index contributed by atoms with van der Waals surface area (Å²) in [6, 6.07) is 2.95. The minimum atomic E-state index is -4.64. The summed E-state index contributed by atoms with van der Waals surface area (Å²) < 4.78 is 36.7. The van der Waals surface area contributed by atoms with Crippen LogP contribution in [0, 0.1) is 0 Å². The second kappa shape index (κ2) is 3.32. The lowest BCUT2D eigenvalue weighted by atomic mass is 10.1. The Hall–Kier alpha value is -1.52. The maximum absolute atomic E-state index is 12.2. The van der Waals surface area contributed by atoms with Gasteiger partial charge in [0.25, 0.3) is 0 Å². The number of hydrogen-bond donors (Lipinski definition) is 1. The summed E-state index contributed by atoms with van der Waals surface area (Å²) in [4.78, 5) is 10.8. The van der Waals surface area contributed by atoms with Gasteiger partial charge in [0.05, 0.1) is 11.1 Å². The first kappa shape index (κ1) is 10.6. The summed E-state index contributed by atoms with van der Waals surface area (Å²) in [5.74, 6) is -1.61. The molecule has 1 aromatic carbocycles. The first-order chi connectivity index (χ1) is 6.34. The Morgan fingerprint density at radius 1 is 1.36 bits per heavy atom. The van der Waals surface area contributed by atoms with Crippen molar-refractivity contribution in [3.63, 3.8) is 0 Å². The van der Waals surface area contributed by atoms with E-state index in [-0.39, 0.29) is 5.56 Å². The number of para-hydroxylation sites is 1. The molecule has 0 spiro atoms. The summed E-state index contributed by atoms with van der Waals surface area (Å²) in [6.07, 6.45) is -4.64. The Morgan fingerprint density at radius 3 is 2.36 bits per heavy atom. The molecule has 0 aliphatic carbocycles. The van der Waals surface area contributed by atoms with Crippen LogP contribution in [0.4, 0.5) is 13.2 Å². The fourth-order valence-corrected chi connectivity index (χ4v) is 1.06. The average Bonchev–Trinajstić information content (AvgIpc) is 2.01. The highest BCUT2D eigenvalue weighted by Crippen LogP contribution is 2.37. The molecule has 0 heterocycles. The summed E-state index contributed by atoms with van der Waals surface area (Å²) in [7, 11) is 0. The molecule has 1 N–H and O–H groups in total. The quantitative estimate of drug-likeness (QED) is 0.714. The Balaban J connectivity index is 3.35. The van der Waals surface area contributed by atoms with Crippen LogP contribution in [-0.2, 0) is 6.18 Å². The summed E-state index contributed by atoms with van der Waals surface area (Å²) in [5.41, 5.74) is -1.51. The largest absolute Gasteiger partial charge is 0.507 e. The van der Waals surface area contributed by atoms with Gasteiger partial charge >= 0.3 is 6.18 Å². The third-order valence-electron chi connectivity index (χ3n) is 1.72. The van der Waals surface area contributed by atoms with E-state index in [0.717, 1.165) is 25.1 Å². The molecule has 0 saturated carbocycles. The lowest BCUT2D eigenvalue weighted by molar-refractivity contribution is -0.138. The van der Waals surface area contributed by atoms with E-state index in [1.54, 1.807) is 0 Å². The van der Waals surface area contributed by atoms with E-state index >= 15 is 0 Å². The van der Waals surface area contributed by atoms with E-state index < -0.39 is 23.3 Å². The van der Waals surface area contributed by atoms with Gasteiger partial charge in [0, 0.05) is 0 Å². The van der Waals surface area contributed by atoms with Gasteiger partial charge in [-0.2, -0.15) is 13.2 Å². The van der Waals surface area contributed by atoms with Gasteiger partial charge in [0.2, 0.25) is 0 Å². The number of halogens is 3. The number of phenols is 1. The number of rotatable bonds is 1. The first-order valence-corrected chi connectivity index (χ1v) is 3.74. The normalized spacial score (nSPS) is 11.4. The van der Waals surface area contributed by atoms with Crippen molar-refractivity contribution in [1.29, 1.82) is 0 Å². The van der Waals surface area contributed by atoms with Gasteiger partial charge < -0.3 is 5.11 Å². The Labute approximate surface area is 78.0 Å². The van der Waals surface area contributed by atoms with E-state index in [1.165, 1.54) is 0 Å². The maximum Gasteiger partial charge on any atom is 0.419 e. The molecule has 0 unspecified atom stereocenters. The molecule has 1 aromatic rings. The van der Waals surface area contributed by atoms with Crippen LogP contribution in [0.2, 0.25) is 0 Å². The molecule has 1 rings (SSSR count). The predicted molar refractivity (Wildman–Crippen MR) is 43.1 cm³/mol. The lowest BCUT2D eigenvalue weighted by Gasteiger charge is -2.10. The molecule has 2 nitrogen and oxygen atoms in total. The third-order valence-corrected chi connectivity index (χ3v) is 1.72. The highest BCUT2D eigenvalue weighted by Gasteiger charge is 2.34. The van der Waals surface area contributed by atoms with Crippen LogP contribution < -0.4 is 0 Å². The molecule has 5 heteroatoms. The number of Topliss-reactive ketones (excluding diaryl/α,β-unsaturated/α-hetero) is 1. The van der Waals surface area contributed by atoms with Crippen molar-refractivity contribution in [2.75, 3.05) is 0 Å². The lowest BCUT2D eigenvalue weighted by Crippen LogP contribution is -2.07. The summed E-state index contributed by atoms with van der Waals surface area (Å²) in [6.45, 7) is 1.09. The van der Waals surface area contributed by atoms with E-state index in [0.29, 0.717) is 0 Å². The molecule has 0 aliphatic rings. The van der Waals surface area contributed by atoms with Crippen LogP contribution >= 0.6 is 0 Å². The molecule has 0 aliphatic heterocycles. The van der Waals surface area contributed by atoms with Crippen LogP contribution in [0.15, 0.2) is 18.2 Å². The van der Waals surface area contributed by atoms with Crippen LogP contribution in [0.3, 0.4) is 0 Å². The maximum atomic E-state index is 12.2.